The first-order valence-corrected chi connectivity index (χ1v) is 8.06. The number of anilines is 1. The summed E-state index contributed by atoms with van der Waals surface area (Å²) < 4.78 is 0.176. The molecule has 0 spiro atoms. The second-order valence-corrected chi connectivity index (χ2v) is 8.09. The van der Waals surface area contributed by atoms with Crippen LogP contribution in [0, 0.1) is 5.92 Å². The van der Waals surface area contributed by atoms with Gasteiger partial charge in [0.05, 0.1) is 0 Å². The van der Waals surface area contributed by atoms with Crippen molar-refractivity contribution in [2.24, 2.45) is 5.92 Å². The van der Waals surface area contributed by atoms with Gasteiger partial charge in [-0.3, -0.25) is 0 Å². The van der Waals surface area contributed by atoms with Crippen molar-refractivity contribution < 1.29 is 9.90 Å². The van der Waals surface area contributed by atoms with Crippen LogP contribution in [0.25, 0.3) is 0 Å². The molecule has 1 aromatic rings. The van der Waals surface area contributed by atoms with Gasteiger partial charge in [0.2, 0.25) is 0 Å². The number of carbonyl (C=O) groups is 1. The summed E-state index contributed by atoms with van der Waals surface area (Å²) in [5.41, 5.74) is 0.778. The van der Waals surface area contributed by atoms with E-state index >= 15 is 0 Å². The molecule has 5 heteroatoms. The minimum absolute atomic E-state index is 0.150. The number of amides is 2. The summed E-state index contributed by atoms with van der Waals surface area (Å²) in [6, 6.07) is 7.63. The van der Waals surface area contributed by atoms with Gasteiger partial charge in [0.15, 0.2) is 0 Å². The smallest absolute Gasteiger partial charge is 0.319 e. The first kappa shape index (κ1) is 17.9. The first-order chi connectivity index (χ1) is 9.80. The molecule has 1 rings (SSSR count). The Kier molecular flexibility index (Phi) is 7.05. The minimum Gasteiger partial charge on any atom is -0.396 e. The molecule has 0 aliphatic heterocycles. The lowest BCUT2D eigenvalue weighted by atomic mass is 10.1. The summed E-state index contributed by atoms with van der Waals surface area (Å²) in [4.78, 5) is 12.9. The van der Waals surface area contributed by atoms with Gasteiger partial charge in [0.25, 0.3) is 0 Å². The van der Waals surface area contributed by atoms with Crippen molar-refractivity contribution in [2.75, 3.05) is 18.5 Å². The Labute approximate surface area is 131 Å². The zero-order valence-electron chi connectivity index (χ0n) is 13.3. The van der Waals surface area contributed by atoms with E-state index in [1.807, 2.05) is 31.2 Å². The van der Waals surface area contributed by atoms with Crippen molar-refractivity contribution in [3.63, 3.8) is 0 Å². The quantitative estimate of drug-likeness (QED) is 0.702. The average Bonchev–Trinajstić information content (AvgIpc) is 2.37. The van der Waals surface area contributed by atoms with Crippen molar-refractivity contribution in [1.82, 2.24) is 5.32 Å². The molecule has 21 heavy (non-hydrogen) atoms. The van der Waals surface area contributed by atoms with E-state index in [2.05, 4.69) is 31.4 Å². The van der Waals surface area contributed by atoms with E-state index in [0.29, 0.717) is 13.0 Å². The predicted molar refractivity (Wildman–Crippen MR) is 89.9 cm³/mol. The molecule has 0 saturated heterocycles. The van der Waals surface area contributed by atoms with Gasteiger partial charge in [-0.25, -0.2) is 4.79 Å². The minimum atomic E-state index is -0.212. The van der Waals surface area contributed by atoms with E-state index in [-0.39, 0.29) is 23.3 Å². The Hall–Kier alpha value is -1.20. The van der Waals surface area contributed by atoms with Crippen LogP contribution in [0.1, 0.15) is 34.1 Å². The second-order valence-electron chi connectivity index (χ2n) is 6.19. The molecule has 0 aromatic heterocycles. The number of thioether (sulfide) groups is 1. The average molecular weight is 310 g/mol. The molecular weight excluding hydrogens is 284 g/mol. The molecule has 1 aromatic carbocycles. The highest BCUT2D eigenvalue weighted by atomic mass is 32.2. The molecule has 2 amide bonds. The SMILES string of the molecule is C[C@H](CCO)CNC(=O)Nc1ccc(SC(C)(C)C)cc1. The zero-order chi connectivity index (χ0) is 15.9. The van der Waals surface area contributed by atoms with Crippen LogP contribution in [0.15, 0.2) is 29.2 Å². The molecule has 0 aliphatic carbocycles. The van der Waals surface area contributed by atoms with Crippen LogP contribution < -0.4 is 10.6 Å². The Morgan fingerprint density at radius 1 is 1.29 bits per heavy atom. The third-order valence-corrected chi connectivity index (χ3v) is 3.89. The number of nitrogens with one attached hydrogen (secondary N) is 2. The van der Waals surface area contributed by atoms with Crippen LogP contribution >= 0.6 is 11.8 Å². The standard InChI is InChI=1S/C16H26N2O2S/c1-12(9-10-19)11-17-15(20)18-13-5-7-14(8-6-13)21-16(2,3)4/h5-8,12,19H,9-11H2,1-4H3,(H2,17,18,20)/t12-/m1/s1. The fourth-order valence-corrected chi connectivity index (χ4v) is 2.70. The topological polar surface area (TPSA) is 61.4 Å². The summed E-state index contributed by atoms with van der Waals surface area (Å²) >= 11 is 1.80. The van der Waals surface area contributed by atoms with Crippen LogP contribution in [-0.4, -0.2) is 29.0 Å². The van der Waals surface area contributed by atoms with Gasteiger partial charge in [-0.1, -0.05) is 27.7 Å². The molecule has 0 radical (unpaired) electrons. The molecule has 118 valence electrons. The summed E-state index contributed by atoms with van der Waals surface area (Å²) in [5.74, 6) is 0.270. The maximum Gasteiger partial charge on any atom is 0.319 e. The van der Waals surface area contributed by atoms with Crippen LogP contribution in [0.5, 0.6) is 0 Å². The van der Waals surface area contributed by atoms with Gasteiger partial charge < -0.3 is 15.7 Å². The number of aliphatic hydroxyl groups is 1. The molecule has 0 saturated carbocycles. The molecular formula is C16H26N2O2S. The van der Waals surface area contributed by atoms with E-state index < -0.39 is 0 Å². The number of carbonyl (C=O) groups excluding carboxylic acids is 1. The van der Waals surface area contributed by atoms with Gasteiger partial charge in [0, 0.05) is 28.5 Å². The fraction of sp³-hybridized carbons (Fsp3) is 0.562. The number of aliphatic hydroxyl groups excluding tert-OH is 1. The van der Waals surface area contributed by atoms with Crippen LogP contribution in [0.2, 0.25) is 0 Å². The van der Waals surface area contributed by atoms with E-state index in [9.17, 15) is 4.79 Å². The Morgan fingerprint density at radius 2 is 1.90 bits per heavy atom. The van der Waals surface area contributed by atoms with Gasteiger partial charge in [0.1, 0.15) is 0 Å². The van der Waals surface area contributed by atoms with E-state index in [1.54, 1.807) is 11.8 Å². The van der Waals surface area contributed by atoms with Crippen molar-refractivity contribution in [3.8, 4) is 0 Å². The lowest BCUT2D eigenvalue weighted by Crippen LogP contribution is -2.32. The van der Waals surface area contributed by atoms with Crippen molar-refractivity contribution in [1.29, 1.82) is 0 Å². The van der Waals surface area contributed by atoms with Crippen LogP contribution in [-0.2, 0) is 0 Å². The largest absolute Gasteiger partial charge is 0.396 e. The lowest BCUT2D eigenvalue weighted by Gasteiger charge is -2.17. The van der Waals surface area contributed by atoms with Crippen LogP contribution in [0.4, 0.5) is 10.5 Å². The maximum atomic E-state index is 11.7. The molecule has 0 unspecified atom stereocenters. The van der Waals surface area contributed by atoms with Crippen molar-refractivity contribution in [3.05, 3.63) is 24.3 Å². The second kappa shape index (κ2) is 8.29. The first-order valence-electron chi connectivity index (χ1n) is 7.25. The van der Waals surface area contributed by atoms with Crippen LogP contribution in [0.3, 0.4) is 0 Å². The highest BCUT2D eigenvalue weighted by Gasteiger charge is 2.12. The van der Waals surface area contributed by atoms with E-state index in [4.69, 9.17) is 5.11 Å². The Morgan fingerprint density at radius 3 is 2.43 bits per heavy atom. The molecule has 0 heterocycles. The molecule has 0 aliphatic rings. The lowest BCUT2D eigenvalue weighted by molar-refractivity contribution is 0.243. The molecule has 3 N–H and O–H groups in total. The third kappa shape index (κ3) is 7.97. The number of hydrogen-bond acceptors (Lipinski definition) is 3. The highest BCUT2D eigenvalue weighted by molar-refractivity contribution is 8.00. The summed E-state index contributed by atoms with van der Waals surface area (Å²) in [6.07, 6.45) is 0.693. The van der Waals surface area contributed by atoms with Crippen molar-refractivity contribution in [2.45, 2.75) is 43.8 Å². The van der Waals surface area contributed by atoms with Gasteiger partial charge in [-0.05, 0) is 36.6 Å². The molecule has 0 fully saturated rings. The van der Waals surface area contributed by atoms with Crippen molar-refractivity contribution >= 4 is 23.5 Å². The van der Waals surface area contributed by atoms with E-state index in [0.717, 1.165) is 5.69 Å². The summed E-state index contributed by atoms with van der Waals surface area (Å²) in [6.45, 7) is 9.22. The number of hydrogen-bond donors (Lipinski definition) is 3. The normalized spacial score (nSPS) is 12.8. The van der Waals surface area contributed by atoms with Gasteiger partial charge >= 0.3 is 6.03 Å². The Bertz CT molecular complexity index is 441. The highest BCUT2D eigenvalue weighted by Crippen LogP contribution is 2.32. The fourth-order valence-electron chi connectivity index (χ4n) is 1.72. The number of urea groups is 1. The molecule has 4 nitrogen and oxygen atoms in total. The monoisotopic (exact) mass is 310 g/mol. The van der Waals surface area contributed by atoms with Gasteiger partial charge in [-0.15, -0.1) is 11.8 Å². The zero-order valence-corrected chi connectivity index (χ0v) is 14.1. The number of benzene rings is 1. The predicted octanol–water partition coefficient (Wildman–Crippen LogP) is 3.72. The molecule has 1 atom stereocenters. The summed E-state index contributed by atoms with van der Waals surface area (Å²) in [5, 5.41) is 14.4. The summed E-state index contributed by atoms with van der Waals surface area (Å²) in [7, 11) is 0. The Balaban J connectivity index is 2.43. The maximum absolute atomic E-state index is 11.7. The van der Waals surface area contributed by atoms with Gasteiger partial charge in [-0.2, -0.15) is 0 Å². The third-order valence-electron chi connectivity index (χ3n) is 2.77. The van der Waals surface area contributed by atoms with E-state index in [1.165, 1.54) is 4.90 Å². The molecule has 0 bridgehead atoms. The number of rotatable bonds is 6.